The fraction of sp³-hybridized carbons (Fsp3) is 0.375. The van der Waals surface area contributed by atoms with Crippen molar-refractivity contribution in [1.29, 1.82) is 0 Å². The molecule has 0 aliphatic heterocycles. The van der Waals surface area contributed by atoms with Crippen molar-refractivity contribution >= 4 is 22.7 Å². The molecule has 0 aliphatic rings. The van der Waals surface area contributed by atoms with Crippen molar-refractivity contribution < 1.29 is 14.0 Å². The van der Waals surface area contributed by atoms with Gasteiger partial charge in [-0.2, -0.15) is 0 Å². The van der Waals surface area contributed by atoms with Gasteiger partial charge in [0.25, 0.3) is 5.91 Å². The Balaban J connectivity index is 2.10. The molecule has 0 fully saturated rings. The summed E-state index contributed by atoms with van der Waals surface area (Å²) >= 11 is 0. The molecule has 20 heavy (non-hydrogen) atoms. The van der Waals surface area contributed by atoms with Gasteiger partial charge in [0.15, 0.2) is 11.5 Å². The van der Waals surface area contributed by atoms with Gasteiger partial charge < -0.3 is 9.73 Å². The van der Waals surface area contributed by atoms with Gasteiger partial charge in [0, 0.05) is 10.8 Å². The van der Waals surface area contributed by atoms with Crippen LogP contribution in [0.2, 0.25) is 0 Å². The van der Waals surface area contributed by atoms with Crippen molar-refractivity contribution in [1.82, 2.24) is 5.32 Å². The van der Waals surface area contributed by atoms with Gasteiger partial charge in [-0.25, -0.2) is 0 Å². The van der Waals surface area contributed by atoms with E-state index in [9.17, 15) is 9.59 Å². The van der Waals surface area contributed by atoms with Crippen LogP contribution in [0.25, 0.3) is 11.0 Å². The number of aryl methyl sites for hydroxylation is 1. The van der Waals surface area contributed by atoms with Gasteiger partial charge in [0.1, 0.15) is 5.58 Å². The second kappa shape index (κ2) is 5.12. The molecule has 0 atom stereocenters. The number of hydrogen-bond donors (Lipinski definition) is 1. The molecule has 106 valence electrons. The second-order valence-corrected chi connectivity index (χ2v) is 6.01. The highest BCUT2D eigenvalue weighted by Gasteiger charge is 2.22. The molecule has 1 aromatic heterocycles. The molecule has 2 aromatic rings. The van der Waals surface area contributed by atoms with Crippen LogP contribution in [0.15, 0.2) is 28.7 Å². The highest BCUT2D eigenvalue weighted by molar-refractivity contribution is 5.98. The molecular formula is C16H19NO3. The van der Waals surface area contributed by atoms with Crippen molar-refractivity contribution in [2.45, 2.75) is 27.7 Å². The summed E-state index contributed by atoms with van der Waals surface area (Å²) in [7, 11) is 0. The molecular weight excluding hydrogens is 254 g/mol. The van der Waals surface area contributed by atoms with E-state index in [2.05, 4.69) is 5.32 Å². The minimum atomic E-state index is -0.460. The number of benzene rings is 1. The van der Waals surface area contributed by atoms with Crippen LogP contribution in [0.1, 0.15) is 36.9 Å². The van der Waals surface area contributed by atoms with Gasteiger partial charge >= 0.3 is 0 Å². The van der Waals surface area contributed by atoms with Crippen LogP contribution in [-0.2, 0) is 4.79 Å². The maximum atomic E-state index is 12.0. The van der Waals surface area contributed by atoms with Crippen molar-refractivity contribution in [2.75, 3.05) is 6.54 Å². The van der Waals surface area contributed by atoms with Crippen LogP contribution in [0.3, 0.4) is 0 Å². The Labute approximate surface area is 118 Å². The molecule has 2 rings (SSSR count). The first-order valence-electron chi connectivity index (χ1n) is 6.59. The lowest BCUT2D eigenvalue weighted by atomic mass is 9.91. The zero-order valence-corrected chi connectivity index (χ0v) is 12.2. The molecule has 1 N–H and O–H groups in total. The number of carbonyl (C=O) groups excluding carboxylic acids is 2. The summed E-state index contributed by atoms with van der Waals surface area (Å²) in [6.45, 7) is 7.47. The van der Waals surface area contributed by atoms with Crippen LogP contribution >= 0.6 is 0 Å². The molecule has 1 aromatic carbocycles. The molecule has 0 saturated heterocycles. The first-order valence-corrected chi connectivity index (χ1v) is 6.59. The molecule has 0 unspecified atom stereocenters. The largest absolute Gasteiger partial charge is 0.451 e. The van der Waals surface area contributed by atoms with E-state index < -0.39 is 5.41 Å². The highest BCUT2D eigenvalue weighted by atomic mass is 16.3. The van der Waals surface area contributed by atoms with Gasteiger partial charge in [0.05, 0.1) is 6.54 Å². The van der Waals surface area contributed by atoms with Gasteiger partial charge in [0.2, 0.25) is 0 Å². The van der Waals surface area contributed by atoms with Gasteiger partial charge in [-0.15, -0.1) is 0 Å². The lowest BCUT2D eigenvalue weighted by Gasteiger charge is -2.16. The Morgan fingerprint density at radius 3 is 2.55 bits per heavy atom. The standard InChI is InChI=1S/C16H19NO3/c1-10-5-6-12-11(7-10)8-13(20-12)15(19)17-9-14(18)16(2,3)4/h5-8H,9H2,1-4H3,(H,17,19). The van der Waals surface area contributed by atoms with Crippen LogP contribution in [0.4, 0.5) is 0 Å². The molecule has 0 radical (unpaired) electrons. The van der Waals surface area contributed by atoms with Gasteiger partial charge in [-0.05, 0) is 25.1 Å². The number of amides is 1. The van der Waals surface area contributed by atoms with Crippen molar-refractivity contribution in [3.05, 3.63) is 35.6 Å². The van der Waals surface area contributed by atoms with Crippen molar-refractivity contribution in [3.63, 3.8) is 0 Å². The third kappa shape index (κ3) is 3.07. The molecule has 0 bridgehead atoms. The lowest BCUT2D eigenvalue weighted by Crippen LogP contribution is -2.35. The summed E-state index contributed by atoms with van der Waals surface area (Å²) in [6, 6.07) is 7.41. The van der Waals surface area contributed by atoms with Crippen LogP contribution < -0.4 is 5.32 Å². The van der Waals surface area contributed by atoms with Crippen LogP contribution in [-0.4, -0.2) is 18.2 Å². The summed E-state index contributed by atoms with van der Waals surface area (Å²) in [4.78, 5) is 23.7. The smallest absolute Gasteiger partial charge is 0.287 e. The normalized spacial score (nSPS) is 11.6. The number of hydrogen-bond acceptors (Lipinski definition) is 3. The predicted molar refractivity (Wildman–Crippen MR) is 77.7 cm³/mol. The predicted octanol–water partition coefficient (Wildman–Crippen LogP) is 3.09. The number of nitrogens with one attached hydrogen (secondary N) is 1. The van der Waals surface area contributed by atoms with E-state index in [0.717, 1.165) is 10.9 Å². The molecule has 4 heteroatoms. The maximum Gasteiger partial charge on any atom is 0.287 e. The minimum absolute atomic E-state index is 0.0123. The highest BCUT2D eigenvalue weighted by Crippen LogP contribution is 2.20. The first-order chi connectivity index (χ1) is 9.27. The number of fused-ring (bicyclic) bond motifs is 1. The average molecular weight is 273 g/mol. The molecule has 4 nitrogen and oxygen atoms in total. The Morgan fingerprint density at radius 2 is 1.90 bits per heavy atom. The fourth-order valence-electron chi connectivity index (χ4n) is 1.79. The monoisotopic (exact) mass is 273 g/mol. The van der Waals surface area contributed by atoms with E-state index in [-0.39, 0.29) is 24.0 Å². The topological polar surface area (TPSA) is 59.3 Å². The zero-order chi connectivity index (χ0) is 14.9. The quantitative estimate of drug-likeness (QED) is 0.934. The fourth-order valence-corrected chi connectivity index (χ4v) is 1.79. The summed E-state index contributed by atoms with van der Waals surface area (Å²) in [6.07, 6.45) is 0. The van der Waals surface area contributed by atoms with E-state index >= 15 is 0 Å². The third-order valence-electron chi connectivity index (χ3n) is 3.14. The van der Waals surface area contributed by atoms with Crippen molar-refractivity contribution in [2.24, 2.45) is 5.41 Å². The number of furan rings is 1. The molecule has 0 spiro atoms. The van der Waals surface area contributed by atoms with E-state index in [0.29, 0.717) is 5.58 Å². The van der Waals surface area contributed by atoms with E-state index in [1.807, 2.05) is 45.9 Å². The molecule has 1 amide bonds. The first kappa shape index (κ1) is 14.3. The molecule has 1 heterocycles. The van der Waals surface area contributed by atoms with Crippen LogP contribution in [0.5, 0.6) is 0 Å². The van der Waals surface area contributed by atoms with Gasteiger partial charge in [-0.3, -0.25) is 9.59 Å². The van der Waals surface area contributed by atoms with E-state index in [1.165, 1.54) is 0 Å². The van der Waals surface area contributed by atoms with Crippen LogP contribution in [0, 0.1) is 12.3 Å². The summed E-state index contributed by atoms with van der Waals surface area (Å²) in [5.41, 5.74) is 1.31. The van der Waals surface area contributed by atoms with Gasteiger partial charge in [-0.1, -0.05) is 32.4 Å². The molecule has 0 aliphatic carbocycles. The Bertz CT molecular complexity index is 662. The number of Topliss-reactive ketones (excluding diaryl/α,β-unsaturated/α-hetero) is 1. The molecule has 0 saturated carbocycles. The Hall–Kier alpha value is -2.10. The number of rotatable bonds is 3. The van der Waals surface area contributed by atoms with E-state index in [1.54, 1.807) is 6.07 Å². The number of ketones is 1. The SMILES string of the molecule is Cc1ccc2oc(C(=O)NCC(=O)C(C)(C)C)cc2c1. The lowest BCUT2D eigenvalue weighted by molar-refractivity contribution is -0.125. The average Bonchev–Trinajstić information content (AvgIpc) is 2.77. The number of carbonyl (C=O) groups is 2. The second-order valence-electron chi connectivity index (χ2n) is 6.01. The summed E-state index contributed by atoms with van der Waals surface area (Å²) in [5, 5.41) is 3.48. The Morgan fingerprint density at radius 1 is 1.20 bits per heavy atom. The summed E-state index contributed by atoms with van der Waals surface area (Å²) < 4.78 is 5.48. The summed E-state index contributed by atoms with van der Waals surface area (Å²) in [5.74, 6) is -0.151. The van der Waals surface area contributed by atoms with Crippen molar-refractivity contribution in [3.8, 4) is 0 Å². The maximum absolute atomic E-state index is 12.0. The Kier molecular flexibility index (Phi) is 3.66. The minimum Gasteiger partial charge on any atom is -0.451 e. The zero-order valence-electron chi connectivity index (χ0n) is 12.2. The van der Waals surface area contributed by atoms with E-state index in [4.69, 9.17) is 4.42 Å². The third-order valence-corrected chi connectivity index (χ3v) is 3.14.